The van der Waals surface area contributed by atoms with Gasteiger partial charge in [-0.05, 0) is 37.5 Å². The lowest BCUT2D eigenvalue weighted by molar-refractivity contribution is 0.193. The zero-order valence-corrected chi connectivity index (χ0v) is 25.8. The fourth-order valence-electron chi connectivity index (χ4n) is 6.40. The van der Waals surface area contributed by atoms with Gasteiger partial charge in [-0.3, -0.25) is 9.59 Å². The van der Waals surface area contributed by atoms with Crippen LogP contribution < -0.4 is 29.8 Å². The van der Waals surface area contributed by atoms with Crippen molar-refractivity contribution in [3.8, 4) is 34.5 Å². The number of ether oxygens (including phenoxy) is 4. The predicted octanol–water partition coefficient (Wildman–Crippen LogP) is 4.75. The van der Waals surface area contributed by atoms with Crippen LogP contribution in [-0.2, 0) is 12.8 Å². The second kappa shape index (κ2) is 12.0. The number of methoxy groups -OCH3 is 2. The quantitative estimate of drug-likeness (QED) is 0.116. The van der Waals surface area contributed by atoms with Gasteiger partial charge in [0.1, 0.15) is 11.5 Å². The van der Waals surface area contributed by atoms with Crippen molar-refractivity contribution in [1.29, 1.82) is 0 Å². The van der Waals surface area contributed by atoms with E-state index in [2.05, 4.69) is 0 Å². The number of hydrogen-bond acceptors (Lipinski definition) is 10. The fourth-order valence-corrected chi connectivity index (χ4v) is 6.40. The topological polar surface area (TPSA) is 152 Å². The molecule has 0 unspecified atom stereocenters. The molecule has 0 saturated heterocycles. The number of aliphatic hydroxyl groups excluding tert-OH is 2. The van der Waals surface area contributed by atoms with Crippen molar-refractivity contribution in [1.82, 2.24) is 0 Å². The first kappa shape index (κ1) is 31.2. The van der Waals surface area contributed by atoms with E-state index >= 15 is 0 Å². The number of phenols is 2. The Morgan fingerprint density at radius 3 is 1.27 bits per heavy atom. The zero-order valence-electron chi connectivity index (χ0n) is 25.8. The van der Waals surface area contributed by atoms with Gasteiger partial charge in [-0.15, -0.1) is 0 Å². The Hall–Kier alpha value is -4.28. The predicted molar refractivity (Wildman–Crippen MR) is 170 cm³/mol. The van der Waals surface area contributed by atoms with E-state index in [-0.39, 0.29) is 59.8 Å². The first-order valence-electron chi connectivity index (χ1n) is 14.8. The molecule has 0 aliphatic rings. The molecule has 234 valence electrons. The number of phenolic OH excluding ortho intramolecular Hbond substituents is 2. The van der Waals surface area contributed by atoms with Crippen LogP contribution in [0.1, 0.15) is 51.7 Å². The van der Waals surface area contributed by atoms with Crippen LogP contribution in [0.25, 0.3) is 43.1 Å². The third kappa shape index (κ3) is 4.73. The summed E-state index contributed by atoms with van der Waals surface area (Å²) in [5.74, 6) is -0.365. The molecule has 0 aromatic heterocycles. The SMILES string of the molecule is CCCOc1cc(=O)c2c(O)c(OC)c(C[C@@H](C)O)c3c4c(C[C@@H](C)O)c(OC)c(O)c5c(=O)cc(OCCC)c(c1c23)c54. The lowest BCUT2D eigenvalue weighted by Gasteiger charge is -2.26. The van der Waals surface area contributed by atoms with Crippen molar-refractivity contribution in [2.75, 3.05) is 27.4 Å². The average Bonchev–Trinajstić information content (AvgIpc) is 2.96. The highest BCUT2D eigenvalue weighted by molar-refractivity contribution is 6.38. The summed E-state index contributed by atoms with van der Waals surface area (Å²) in [5, 5.41) is 46.7. The average molecular weight is 607 g/mol. The Balaban J connectivity index is 2.31. The summed E-state index contributed by atoms with van der Waals surface area (Å²) in [6.07, 6.45) is -0.531. The summed E-state index contributed by atoms with van der Waals surface area (Å²) in [6.45, 7) is 7.57. The normalized spacial score (nSPS) is 13.3. The molecule has 0 bridgehead atoms. The van der Waals surface area contributed by atoms with Crippen LogP contribution in [0.15, 0.2) is 21.7 Å². The van der Waals surface area contributed by atoms with Crippen molar-refractivity contribution >= 4 is 43.1 Å². The number of fused-ring (bicyclic) bond motifs is 2. The van der Waals surface area contributed by atoms with Gasteiger partial charge in [0.25, 0.3) is 0 Å². The molecule has 0 aliphatic carbocycles. The van der Waals surface area contributed by atoms with Gasteiger partial charge in [-0.2, -0.15) is 0 Å². The minimum Gasteiger partial charge on any atom is -0.504 e. The molecule has 0 aliphatic heterocycles. The highest BCUT2D eigenvalue weighted by Gasteiger charge is 2.33. The molecular weight excluding hydrogens is 568 g/mol. The van der Waals surface area contributed by atoms with E-state index in [1.54, 1.807) is 13.8 Å². The van der Waals surface area contributed by atoms with Gasteiger partial charge in [0, 0.05) is 57.6 Å². The number of hydrogen-bond donors (Lipinski definition) is 4. The van der Waals surface area contributed by atoms with Crippen LogP contribution in [0.2, 0.25) is 0 Å². The van der Waals surface area contributed by atoms with E-state index in [0.29, 0.717) is 56.3 Å². The number of aliphatic hydroxyl groups is 2. The van der Waals surface area contributed by atoms with Crippen LogP contribution in [0.5, 0.6) is 34.5 Å². The monoisotopic (exact) mass is 606 g/mol. The molecule has 4 N–H and O–H groups in total. The molecule has 44 heavy (non-hydrogen) atoms. The van der Waals surface area contributed by atoms with E-state index in [1.165, 1.54) is 26.4 Å². The molecule has 0 amide bonds. The van der Waals surface area contributed by atoms with Crippen LogP contribution in [-0.4, -0.2) is 60.1 Å². The minimum atomic E-state index is -0.905. The van der Waals surface area contributed by atoms with E-state index in [0.717, 1.165) is 0 Å². The first-order chi connectivity index (χ1) is 21.0. The lowest BCUT2D eigenvalue weighted by Crippen LogP contribution is -2.14. The maximum atomic E-state index is 13.8. The highest BCUT2D eigenvalue weighted by Crippen LogP contribution is 2.55. The molecule has 10 nitrogen and oxygen atoms in total. The van der Waals surface area contributed by atoms with Crippen LogP contribution in [0, 0.1) is 0 Å². The summed E-state index contributed by atoms with van der Waals surface area (Å²) >= 11 is 0. The van der Waals surface area contributed by atoms with Crippen molar-refractivity contribution in [3.05, 3.63) is 43.7 Å². The summed E-state index contributed by atoms with van der Waals surface area (Å²) in [5.41, 5.74) is -0.289. The number of aromatic hydroxyl groups is 2. The summed E-state index contributed by atoms with van der Waals surface area (Å²) < 4.78 is 23.7. The molecule has 5 aromatic rings. The highest BCUT2D eigenvalue weighted by atomic mass is 16.5. The van der Waals surface area contributed by atoms with Crippen LogP contribution >= 0.6 is 0 Å². The first-order valence-corrected chi connectivity index (χ1v) is 14.8. The number of benzene rings is 5. The van der Waals surface area contributed by atoms with Gasteiger partial charge >= 0.3 is 0 Å². The van der Waals surface area contributed by atoms with E-state index in [1.807, 2.05) is 13.8 Å². The largest absolute Gasteiger partial charge is 0.504 e. The zero-order chi connectivity index (χ0) is 32.0. The van der Waals surface area contributed by atoms with E-state index < -0.39 is 34.6 Å². The van der Waals surface area contributed by atoms with Crippen molar-refractivity contribution < 1.29 is 39.4 Å². The molecular formula is C34H38O10. The van der Waals surface area contributed by atoms with Crippen molar-refractivity contribution in [2.24, 2.45) is 0 Å². The molecule has 0 saturated carbocycles. The molecule has 10 heteroatoms. The smallest absolute Gasteiger partial charge is 0.194 e. The second-order valence-corrected chi connectivity index (χ2v) is 11.3. The van der Waals surface area contributed by atoms with Gasteiger partial charge in [0.15, 0.2) is 33.9 Å². The van der Waals surface area contributed by atoms with Crippen molar-refractivity contribution in [3.63, 3.8) is 0 Å². The Morgan fingerprint density at radius 2 is 0.977 bits per heavy atom. The van der Waals surface area contributed by atoms with Gasteiger partial charge in [0.05, 0.1) is 50.4 Å². The van der Waals surface area contributed by atoms with Gasteiger partial charge in [0.2, 0.25) is 0 Å². The second-order valence-electron chi connectivity index (χ2n) is 11.3. The Kier molecular flexibility index (Phi) is 8.51. The van der Waals surface area contributed by atoms with Crippen molar-refractivity contribution in [2.45, 2.75) is 65.6 Å². The summed E-state index contributed by atoms with van der Waals surface area (Å²) in [6, 6.07) is 2.60. The van der Waals surface area contributed by atoms with Crippen LogP contribution in [0.3, 0.4) is 0 Å². The molecule has 5 aromatic carbocycles. The Morgan fingerprint density at radius 1 is 0.614 bits per heavy atom. The lowest BCUT2D eigenvalue weighted by atomic mass is 9.81. The summed E-state index contributed by atoms with van der Waals surface area (Å²) in [4.78, 5) is 27.6. The molecule has 5 rings (SSSR count). The summed E-state index contributed by atoms with van der Waals surface area (Å²) in [7, 11) is 2.71. The van der Waals surface area contributed by atoms with E-state index in [9.17, 15) is 30.0 Å². The fraction of sp³-hybridized carbons (Fsp3) is 0.412. The minimum absolute atomic E-state index is 0.0000760. The number of rotatable bonds is 12. The third-order valence-electron chi connectivity index (χ3n) is 7.90. The molecule has 0 spiro atoms. The Labute approximate surface area is 253 Å². The molecule has 0 radical (unpaired) electrons. The maximum absolute atomic E-state index is 13.8. The Bertz CT molecular complexity index is 1840. The van der Waals surface area contributed by atoms with E-state index in [4.69, 9.17) is 18.9 Å². The van der Waals surface area contributed by atoms with Gasteiger partial charge < -0.3 is 39.4 Å². The molecule has 0 heterocycles. The standard InChI is InChI=1S/C34H38O10/c1-7-9-43-21-13-19(37)25-29-23(17(11-15(3)35)33(41-5)31(25)39)24-18(12-16(4)36)34(42-6)32(40)26-20(38)14-22(44-10-8-2)28(27(21)29)30(24)26/h13-16,35-36,39-40H,7-12H2,1-6H3/t15-,16-/m1/s1. The third-order valence-corrected chi connectivity index (χ3v) is 7.90. The maximum Gasteiger partial charge on any atom is 0.194 e. The van der Waals surface area contributed by atoms with Crippen LogP contribution in [0.4, 0.5) is 0 Å². The van der Waals surface area contributed by atoms with Gasteiger partial charge in [-0.25, -0.2) is 0 Å². The molecule has 0 fully saturated rings. The molecule has 2 atom stereocenters. The van der Waals surface area contributed by atoms with Gasteiger partial charge in [-0.1, -0.05) is 13.8 Å².